The highest BCUT2D eigenvalue weighted by molar-refractivity contribution is 6.21. The number of aryl methyl sites for hydroxylation is 3. The lowest BCUT2D eigenvalue weighted by Gasteiger charge is -2.22. The van der Waals surface area contributed by atoms with Crippen LogP contribution in [0.5, 0.6) is 0 Å². The van der Waals surface area contributed by atoms with Crippen molar-refractivity contribution in [2.75, 3.05) is 0 Å². The molecule has 0 aromatic heterocycles. The van der Waals surface area contributed by atoms with Crippen LogP contribution < -0.4 is 0 Å². The van der Waals surface area contributed by atoms with Crippen molar-refractivity contribution in [3.05, 3.63) is 58.9 Å². The molecule has 2 rings (SSSR count). The number of benzene rings is 1. The summed E-state index contributed by atoms with van der Waals surface area (Å²) in [5, 5.41) is 19.7. The molecule has 1 aromatic carbocycles. The molecule has 1 saturated carbocycles. The van der Waals surface area contributed by atoms with Gasteiger partial charge in [-0.05, 0) is 93.4 Å². The van der Waals surface area contributed by atoms with Crippen LogP contribution in [0.15, 0.2) is 36.6 Å². The standard InChI is InChI=1S/C24H35ClO2/c1-16-13-20(14-17(2)19(16)4)11-12-22-21(23(25)15-24(22)27)10-8-6-5-7-9-18(3)26/h6,8,13-14,21-24,26-27H,3,5,7,9-12,15H2,1-2,4H3/b8-6-/t21-,22-,23-,24-/m1/s1. The Morgan fingerprint density at radius 3 is 2.48 bits per heavy atom. The molecule has 0 aliphatic heterocycles. The van der Waals surface area contributed by atoms with Gasteiger partial charge >= 0.3 is 0 Å². The van der Waals surface area contributed by atoms with Crippen LogP contribution in [0, 0.1) is 32.6 Å². The predicted octanol–water partition coefficient (Wildman–Crippen LogP) is 6.34. The zero-order valence-electron chi connectivity index (χ0n) is 17.0. The molecule has 3 heteroatoms. The second kappa shape index (κ2) is 10.3. The zero-order chi connectivity index (χ0) is 20.0. The lowest BCUT2D eigenvalue weighted by molar-refractivity contribution is 0.112. The van der Waals surface area contributed by atoms with Crippen LogP contribution in [0.4, 0.5) is 0 Å². The van der Waals surface area contributed by atoms with Gasteiger partial charge in [-0.1, -0.05) is 30.9 Å². The van der Waals surface area contributed by atoms with Crippen LogP contribution in [0.2, 0.25) is 0 Å². The predicted molar refractivity (Wildman–Crippen MR) is 116 cm³/mol. The molecule has 4 atom stereocenters. The van der Waals surface area contributed by atoms with E-state index in [9.17, 15) is 5.11 Å². The lowest BCUT2D eigenvalue weighted by Crippen LogP contribution is -2.21. The third kappa shape index (κ3) is 6.40. The Labute approximate surface area is 170 Å². The number of aliphatic hydroxyl groups is 2. The molecule has 0 radical (unpaired) electrons. The van der Waals surface area contributed by atoms with Crippen LogP contribution in [-0.2, 0) is 6.42 Å². The summed E-state index contributed by atoms with van der Waals surface area (Å²) in [5.74, 6) is 0.847. The molecule has 0 heterocycles. The fourth-order valence-corrected chi connectivity index (χ4v) is 4.73. The molecule has 0 unspecified atom stereocenters. The van der Waals surface area contributed by atoms with Crippen molar-refractivity contribution in [1.82, 2.24) is 0 Å². The summed E-state index contributed by atoms with van der Waals surface area (Å²) in [6.45, 7) is 10.0. The van der Waals surface area contributed by atoms with Crippen LogP contribution in [-0.4, -0.2) is 21.7 Å². The number of unbranched alkanes of at least 4 members (excludes halogenated alkanes) is 1. The Morgan fingerprint density at radius 1 is 1.19 bits per heavy atom. The smallest absolute Gasteiger partial charge is 0.0851 e. The fraction of sp³-hybridized carbons (Fsp3) is 0.583. The van der Waals surface area contributed by atoms with Gasteiger partial charge in [-0.25, -0.2) is 0 Å². The second-order valence-electron chi connectivity index (χ2n) is 8.21. The van der Waals surface area contributed by atoms with Crippen molar-refractivity contribution >= 4 is 11.6 Å². The number of alkyl halides is 1. The number of rotatable bonds is 9. The third-order valence-electron chi connectivity index (χ3n) is 6.14. The number of hydrogen-bond donors (Lipinski definition) is 2. The maximum atomic E-state index is 10.5. The molecule has 0 saturated heterocycles. The minimum atomic E-state index is -0.295. The minimum absolute atomic E-state index is 0.0494. The molecular weight excluding hydrogens is 356 g/mol. The number of hydrogen-bond acceptors (Lipinski definition) is 2. The van der Waals surface area contributed by atoms with E-state index in [0.717, 1.165) is 32.1 Å². The van der Waals surface area contributed by atoms with E-state index in [1.807, 2.05) is 0 Å². The lowest BCUT2D eigenvalue weighted by atomic mass is 9.86. The van der Waals surface area contributed by atoms with Crippen molar-refractivity contribution in [1.29, 1.82) is 0 Å². The molecule has 1 aliphatic carbocycles. The topological polar surface area (TPSA) is 40.5 Å². The van der Waals surface area contributed by atoms with E-state index in [1.165, 1.54) is 22.3 Å². The molecule has 27 heavy (non-hydrogen) atoms. The number of allylic oxidation sites excluding steroid dienone is 3. The summed E-state index contributed by atoms with van der Waals surface area (Å²) in [6, 6.07) is 4.57. The highest BCUT2D eigenvalue weighted by Gasteiger charge is 2.40. The Hall–Kier alpha value is -1.25. The molecule has 1 aromatic rings. The van der Waals surface area contributed by atoms with Gasteiger partial charge in [-0.3, -0.25) is 0 Å². The summed E-state index contributed by atoms with van der Waals surface area (Å²) in [5.41, 5.74) is 5.42. The quantitative estimate of drug-likeness (QED) is 0.223. The summed E-state index contributed by atoms with van der Waals surface area (Å²) in [7, 11) is 0. The van der Waals surface area contributed by atoms with Gasteiger partial charge < -0.3 is 10.2 Å². The van der Waals surface area contributed by atoms with E-state index in [0.29, 0.717) is 18.8 Å². The molecule has 150 valence electrons. The van der Waals surface area contributed by atoms with Crippen molar-refractivity contribution in [2.45, 2.75) is 77.2 Å². The Balaban J connectivity index is 1.91. The Bertz CT molecular complexity index is 641. The van der Waals surface area contributed by atoms with E-state index in [1.54, 1.807) is 0 Å². The van der Waals surface area contributed by atoms with Gasteiger partial charge in [0.25, 0.3) is 0 Å². The fourth-order valence-electron chi connectivity index (χ4n) is 4.26. The van der Waals surface area contributed by atoms with Crippen molar-refractivity contribution < 1.29 is 10.2 Å². The van der Waals surface area contributed by atoms with Crippen molar-refractivity contribution in [3.8, 4) is 0 Å². The van der Waals surface area contributed by atoms with Gasteiger partial charge in [0.05, 0.1) is 11.9 Å². The van der Waals surface area contributed by atoms with Gasteiger partial charge in [0, 0.05) is 11.8 Å². The summed E-state index contributed by atoms with van der Waals surface area (Å²) in [4.78, 5) is 0. The van der Waals surface area contributed by atoms with E-state index >= 15 is 0 Å². The third-order valence-corrected chi connectivity index (χ3v) is 6.64. The average Bonchev–Trinajstić information content (AvgIpc) is 2.86. The molecule has 0 amide bonds. The average molecular weight is 391 g/mol. The maximum Gasteiger partial charge on any atom is 0.0851 e. The number of aliphatic hydroxyl groups excluding tert-OH is 2. The molecular formula is C24H35ClO2. The first-order valence-electron chi connectivity index (χ1n) is 10.2. The summed E-state index contributed by atoms with van der Waals surface area (Å²) < 4.78 is 0. The van der Waals surface area contributed by atoms with E-state index in [4.69, 9.17) is 16.7 Å². The Kier molecular flexibility index (Phi) is 8.44. The van der Waals surface area contributed by atoms with Crippen molar-refractivity contribution in [2.24, 2.45) is 11.8 Å². The first-order chi connectivity index (χ1) is 12.8. The van der Waals surface area contributed by atoms with Crippen molar-refractivity contribution in [3.63, 3.8) is 0 Å². The Morgan fingerprint density at radius 2 is 1.85 bits per heavy atom. The molecule has 2 N–H and O–H groups in total. The van der Waals surface area contributed by atoms with E-state index < -0.39 is 0 Å². The largest absolute Gasteiger partial charge is 0.513 e. The van der Waals surface area contributed by atoms with E-state index in [2.05, 4.69) is 51.6 Å². The van der Waals surface area contributed by atoms with Gasteiger partial charge in [-0.15, -0.1) is 11.6 Å². The highest BCUT2D eigenvalue weighted by Crippen LogP contribution is 2.41. The van der Waals surface area contributed by atoms with Crippen LogP contribution in [0.3, 0.4) is 0 Å². The highest BCUT2D eigenvalue weighted by atomic mass is 35.5. The summed E-state index contributed by atoms with van der Waals surface area (Å²) in [6.07, 6.45) is 10.2. The molecule has 0 bridgehead atoms. The van der Waals surface area contributed by atoms with Gasteiger partial charge in [0.1, 0.15) is 0 Å². The van der Waals surface area contributed by atoms with Gasteiger partial charge in [0.15, 0.2) is 0 Å². The second-order valence-corrected chi connectivity index (χ2v) is 8.77. The SMILES string of the molecule is C=C(O)CCC/C=C\C[C@@H]1[C@@H](CCc2cc(C)c(C)c(C)c2)[C@H](O)C[C@H]1Cl. The summed E-state index contributed by atoms with van der Waals surface area (Å²) >= 11 is 6.56. The molecule has 1 fully saturated rings. The molecule has 1 aliphatic rings. The van der Waals surface area contributed by atoms with Crippen LogP contribution in [0.1, 0.15) is 60.8 Å². The molecule has 0 spiro atoms. The van der Waals surface area contributed by atoms with Gasteiger partial charge in [0.2, 0.25) is 0 Å². The molecule has 2 nitrogen and oxygen atoms in total. The maximum absolute atomic E-state index is 10.5. The number of halogens is 1. The van der Waals surface area contributed by atoms with E-state index in [-0.39, 0.29) is 23.2 Å². The first-order valence-corrected chi connectivity index (χ1v) is 10.6. The normalized spacial score (nSPS) is 25.4. The van der Waals surface area contributed by atoms with Crippen LogP contribution >= 0.6 is 11.6 Å². The zero-order valence-corrected chi connectivity index (χ0v) is 17.8. The minimum Gasteiger partial charge on any atom is -0.513 e. The first kappa shape index (κ1) is 22.0. The van der Waals surface area contributed by atoms with Gasteiger partial charge in [-0.2, -0.15) is 0 Å². The van der Waals surface area contributed by atoms with Crippen LogP contribution in [0.25, 0.3) is 0 Å². The monoisotopic (exact) mass is 390 g/mol.